The summed E-state index contributed by atoms with van der Waals surface area (Å²) < 4.78 is 32.1. The Morgan fingerprint density at radius 1 is 0.759 bits per heavy atom. The van der Waals surface area contributed by atoms with Crippen LogP contribution in [-0.2, 0) is 22.3 Å². The number of aliphatic hydroxyl groups is 1. The van der Waals surface area contributed by atoms with Gasteiger partial charge in [-0.05, 0) is 30.5 Å². The lowest BCUT2D eigenvalue weighted by Gasteiger charge is -2.18. The second-order valence-corrected chi connectivity index (χ2v) is 6.40. The molecule has 0 fully saturated rings. The molecule has 0 heterocycles. The minimum Gasteiger partial charge on any atom is -0.493 e. The van der Waals surface area contributed by atoms with Crippen molar-refractivity contribution in [1.29, 1.82) is 0 Å². The minimum atomic E-state index is -0.575. The van der Waals surface area contributed by atoms with Crippen LogP contribution in [0.25, 0.3) is 0 Å². The lowest BCUT2D eigenvalue weighted by atomic mass is 9.99. The van der Waals surface area contributed by atoms with E-state index in [4.69, 9.17) is 28.4 Å². The van der Waals surface area contributed by atoms with E-state index >= 15 is 0 Å². The maximum atomic E-state index is 10.6. The molecule has 29 heavy (non-hydrogen) atoms. The van der Waals surface area contributed by atoms with Crippen LogP contribution < -0.4 is 18.9 Å². The highest BCUT2D eigenvalue weighted by Crippen LogP contribution is 2.34. The number of hydrogen-bond acceptors (Lipinski definition) is 7. The van der Waals surface area contributed by atoms with Gasteiger partial charge in [-0.1, -0.05) is 24.3 Å². The van der Waals surface area contributed by atoms with E-state index in [2.05, 4.69) is 0 Å². The Bertz CT molecular complexity index is 748. The molecule has 0 aromatic heterocycles. The zero-order valence-corrected chi connectivity index (χ0v) is 17.5. The average molecular weight is 406 g/mol. The van der Waals surface area contributed by atoms with E-state index in [0.717, 1.165) is 11.1 Å². The molecule has 7 heteroatoms. The van der Waals surface area contributed by atoms with Gasteiger partial charge in [0.15, 0.2) is 36.6 Å². The van der Waals surface area contributed by atoms with E-state index in [1.54, 1.807) is 28.4 Å². The highest BCUT2D eigenvalue weighted by Gasteiger charge is 2.17. The first-order chi connectivity index (χ1) is 14.1. The fraction of sp³-hybridized carbons (Fsp3) is 0.455. The van der Waals surface area contributed by atoms with Crippen LogP contribution >= 0.6 is 0 Å². The zero-order valence-electron chi connectivity index (χ0n) is 17.5. The second kappa shape index (κ2) is 12.2. The van der Waals surface area contributed by atoms with Crippen LogP contribution in [0.15, 0.2) is 36.4 Å². The zero-order chi connectivity index (χ0) is 21.1. The van der Waals surface area contributed by atoms with Crippen LogP contribution in [-0.4, -0.2) is 53.2 Å². The topological polar surface area (TPSA) is 75.6 Å². The molecule has 2 aromatic rings. The number of methoxy groups -OCH3 is 4. The van der Waals surface area contributed by atoms with Gasteiger partial charge in [0.2, 0.25) is 0 Å². The summed E-state index contributed by atoms with van der Waals surface area (Å²) in [6.07, 6.45) is 1.01. The fourth-order valence-electron chi connectivity index (χ4n) is 3.04. The lowest BCUT2D eigenvalue weighted by molar-refractivity contribution is 0.0474. The van der Waals surface area contributed by atoms with Crippen molar-refractivity contribution < 1.29 is 33.5 Å². The quantitative estimate of drug-likeness (QED) is 0.512. The van der Waals surface area contributed by atoms with Crippen molar-refractivity contribution in [3.8, 4) is 23.0 Å². The molecule has 0 radical (unpaired) electrons. The number of rotatable bonds is 13. The van der Waals surface area contributed by atoms with Gasteiger partial charge in [-0.15, -0.1) is 0 Å². The monoisotopic (exact) mass is 406 g/mol. The number of hydrogen-bond donors (Lipinski definition) is 1. The molecule has 0 aliphatic rings. The highest BCUT2D eigenvalue weighted by molar-refractivity contribution is 5.48. The summed E-state index contributed by atoms with van der Waals surface area (Å²) >= 11 is 0. The molecule has 1 N–H and O–H groups in total. The van der Waals surface area contributed by atoms with Gasteiger partial charge >= 0.3 is 0 Å². The van der Waals surface area contributed by atoms with Gasteiger partial charge in [0.05, 0.1) is 20.3 Å². The molecule has 160 valence electrons. The third-order valence-corrected chi connectivity index (χ3v) is 4.41. The summed E-state index contributed by atoms with van der Waals surface area (Å²) in [5.74, 6) is 2.46. The summed E-state index contributed by atoms with van der Waals surface area (Å²) in [6.45, 7) is 0.230. The van der Waals surface area contributed by atoms with Crippen LogP contribution in [0.5, 0.6) is 23.0 Å². The van der Waals surface area contributed by atoms with Crippen LogP contribution in [0, 0.1) is 0 Å². The molecule has 0 aliphatic carbocycles. The molecule has 0 aliphatic heterocycles. The Morgan fingerprint density at radius 3 is 1.79 bits per heavy atom. The maximum absolute atomic E-state index is 10.6. The van der Waals surface area contributed by atoms with E-state index in [9.17, 15) is 5.11 Å². The Labute approximate surface area is 172 Å². The Kier molecular flexibility index (Phi) is 9.56. The molecule has 1 atom stereocenters. The number of benzene rings is 2. The van der Waals surface area contributed by atoms with Gasteiger partial charge in [-0.3, -0.25) is 0 Å². The summed E-state index contributed by atoms with van der Waals surface area (Å²) in [5, 5.41) is 10.6. The molecular formula is C22H30O7. The van der Waals surface area contributed by atoms with Crippen LogP contribution in [0.2, 0.25) is 0 Å². The predicted molar refractivity (Wildman–Crippen MR) is 109 cm³/mol. The van der Waals surface area contributed by atoms with Gasteiger partial charge in [0.1, 0.15) is 0 Å². The highest BCUT2D eigenvalue weighted by atomic mass is 16.7. The number of aliphatic hydroxyl groups excluding tert-OH is 1. The standard InChI is InChI=1S/C22H30O7/c1-24-14-28-21-16(7-5-9-19(21)26-3)11-12-18(23)13-17-8-6-10-20(27-4)22(17)29-15-25-2/h5-10,18,23H,11-15H2,1-4H3. The minimum absolute atomic E-state index is 0.105. The molecular weight excluding hydrogens is 376 g/mol. The third kappa shape index (κ3) is 6.52. The van der Waals surface area contributed by atoms with Crippen LogP contribution in [0.1, 0.15) is 17.5 Å². The van der Waals surface area contributed by atoms with Crippen molar-refractivity contribution in [1.82, 2.24) is 0 Å². The predicted octanol–water partition coefficient (Wildman–Crippen LogP) is 3.21. The molecule has 0 spiro atoms. The van der Waals surface area contributed by atoms with E-state index in [1.807, 2.05) is 36.4 Å². The maximum Gasteiger partial charge on any atom is 0.188 e. The Hall–Kier alpha value is -2.48. The summed E-state index contributed by atoms with van der Waals surface area (Å²) in [7, 11) is 6.30. The van der Waals surface area contributed by atoms with Gasteiger partial charge in [0.25, 0.3) is 0 Å². The number of ether oxygens (including phenoxy) is 6. The molecule has 0 saturated carbocycles. The average Bonchev–Trinajstić information content (AvgIpc) is 2.75. The summed E-state index contributed by atoms with van der Waals surface area (Å²) in [4.78, 5) is 0. The van der Waals surface area contributed by atoms with Crippen molar-refractivity contribution in [3.63, 3.8) is 0 Å². The van der Waals surface area contributed by atoms with Crippen molar-refractivity contribution in [2.24, 2.45) is 0 Å². The molecule has 2 aromatic carbocycles. The molecule has 2 rings (SSSR count). The summed E-state index contributed by atoms with van der Waals surface area (Å²) in [6, 6.07) is 11.3. The normalized spacial score (nSPS) is 11.8. The Balaban J connectivity index is 2.08. The van der Waals surface area contributed by atoms with E-state index in [-0.39, 0.29) is 13.6 Å². The summed E-state index contributed by atoms with van der Waals surface area (Å²) in [5.41, 5.74) is 1.80. The lowest BCUT2D eigenvalue weighted by Crippen LogP contribution is -2.14. The first-order valence-electron chi connectivity index (χ1n) is 9.37. The fourth-order valence-corrected chi connectivity index (χ4v) is 3.04. The van der Waals surface area contributed by atoms with Crippen molar-refractivity contribution in [2.75, 3.05) is 42.0 Å². The first kappa shape index (κ1) is 22.8. The molecule has 7 nitrogen and oxygen atoms in total. The largest absolute Gasteiger partial charge is 0.493 e. The van der Waals surface area contributed by atoms with Crippen molar-refractivity contribution >= 4 is 0 Å². The van der Waals surface area contributed by atoms with Crippen LogP contribution in [0.3, 0.4) is 0 Å². The smallest absolute Gasteiger partial charge is 0.188 e. The SMILES string of the molecule is COCOc1c(CCC(O)Cc2cccc(OC)c2OCOC)cccc1OC. The number of aryl methyl sites for hydroxylation is 1. The molecule has 0 saturated heterocycles. The first-order valence-corrected chi connectivity index (χ1v) is 9.37. The third-order valence-electron chi connectivity index (χ3n) is 4.41. The van der Waals surface area contributed by atoms with E-state index in [0.29, 0.717) is 42.3 Å². The number of para-hydroxylation sites is 2. The molecule has 0 amide bonds. The van der Waals surface area contributed by atoms with Gasteiger partial charge in [0, 0.05) is 26.2 Å². The Morgan fingerprint density at radius 2 is 1.28 bits per heavy atom. The van der Waals surface area contributed by atoms with Gasteiger partial charge in [-0.25, -0.2) is 0 Å². The van der Waals surface area contributed by atoms with E-state index in [1.165, 1.54) is 0 Å². The van der Waals surface area contributed by atoms with Crippen molar-refractivity contribution in [3.05, 3.63) is 47.5 Å². The van der Waals surface area contributed by atoms with E-state index < -0.39 is 6.10 Å². The molecule has 0 bridgehead atoms. The molecule has 1 unspecified atom stereocenters. The van der Waals surface area contributed by atoms with Gasteiger partial charge in [-0.2, -0.15) is 0 Å². The second-order valence-electron chi connectivity index (χ2n) is 6.40. The van der Waals surface area contributed by atoms with Crippen molar-refractivity contribution in [2.45, 2.75) is 25.4 Å². The van der Waals surface area contributed by atoms with Crippen LogP contribution in [0.4, 0.5) is 0 Å². The van der Waals surface area contributed by atoms with Gasteiger partial charge < -0.3 is 33.5 Å².